The molecular weight excluding hydrogens is 200 g/mol. The van der Waals surface area contributed by atoms with Crippen molar-refractivity contribution >= 4 is 0 Å². The van der Waals surface area contributed by atoms with Crippen molar-refractivity contribution in [2.45, 2.75) is 44.7 Å². The summed E-state index contributed by atoms with van der Waals surface area (Å²) in [6.45, 7) is 1.97. The lowest BCUT2D eigenvalue weighted by atomic mass is 9.81. The van der Waals surface area contributed by atoms with Crippen molar-refractivity contribution in [3.05, 3.63) is 23.7 Å². The normalized spacial score (nSPS) is 27.9. The highest BCUT2D eigenvalue weighted by atomic mass is 16.3. The average molecular weight is 222 g/mol. The van der Waals surface area contributed by atoms with Crippen LogP contribution >= 0.6 is 0 Å². The van der Waals surface area contributed by atoms with E-state index in [-0.39, 0.29) is 6.04 Å². The van der Waals surface area contributed by atoms with Gasteiger partial charge in [-0.25, -0.2) is 0 Å². The number of nitrogens with one attached hydrogen (secondary N) is 1. The third kappa shape index (κ3) is 2.47. The molecule has 1 unspecified atom stereocenters. The number of aryl methyl sites for hydroxylation is 1. The summed E-state index contributed by atoms with van der Waals surface area (Å²) in [5, 5.41) is 3.34. The van der Waals surface area contributed by atoms with Crippen LogP contribution in [0.5, 0.6) is 0 Å². The van der Waals surface area contributed by atoms with Crippen molar-refractivity contribution in [3.63, 3.8) is 0 Å². The van der Waals surface area contributed by atoms with Crippen molar-refractivity contribution in [2.75, 3.05) is 7.05 Å². The van der Waals surface area contributed by atoms with E-state index in [2.05, 4.69) is 5.32 Å². The first-order valence-corrected chi connectivity index (χ1v) is 6.20. The minimum atomic E-state index is 0.0755. The fourth-order valence-corrected chi connectivity index (χ4v) is 2.63. The molecule has 3 N–H and O–H groups in total. The highest BCUT2D eigenvalue weighted by Gasteiger charge is 2.27. The van der Waals surface area contributed by atoms with Crippen molar-refractivity contribution in [1.82, 2.24) is 5.32 Å². The Morgan fingerprint density at radius 2 is 2.00 bits per heavy atom. The van der Waals surface area contributed by atoms with Gasteiger partial charge in [0.1, 0.15) is 11.5 Å². The summed E-state index contributed by atoms with van der Waals surface area (Å²) >= 11 is 0. The minimum absolute atomic E-state index is 0.0755. The van der Waals surface area contributed by atoms with Gasteiger partial charge >= 0.3 is 0 Å². The predicted octanol–water partition coefficient (Wildman–Crippen LogP) is 2.37. The fraction of sp³-hybridized carbons (Fsp3) is 0.692. The van der Waals surface area contributed by atoms with E-state index in [4.69, 9.17) is 10.2 Å². The van der Waals surface area contributed by atoms with Crippen molar-refractivity contribution < 1.29 is 4.42 Å². The summed E-state index contributed by atoms with van der Waals surface area (Å²) < 4.78 is 5.61. The van der Waals surface area contributed by atoms with Gasteiger partial charge in [-0.05, 0) is 57.7 Å². The van der Waals surface area contributed by atoms with Crippen LogP contribution in [0.2, 0.25) is 0 Å². The molecule has 1 aromatic heterocycles. The molecule has 1 aromatic rings. The summed E-state index contributed by atoms with van der Waals surface area (Å²) in [5.74, 6) is 2.48. The standard InChI is InChI=1S/C13H22N2O/c1-9-3-8-12(16-9)13(14)10-4-6-11(15-2)7-5-10/h3,8,10-11,13,15H,4-7,14H2,1-2H3. The number of hydrogen-bond donors (Lipinski definition) is 2. The van der Waals surface area contributed by atoms with Crippen LogP contribution in [0.3, 0.4) is 0 Å². The van der Waals surface area contributed by atoms with Gasteiger partial charge in [0, 0.05) is 6.04 Å². The lowest BCUT2D eigenvalue weighted by Gasteiger charge is -2.31. The maximum Gasteiger partial charge on any atom is 0.121 e. The van der Waals surface area contributed by atoms with Crippen LogP contribution in [0.4, 0.5) is 0 Å². The Bertz CT molecular complexity index is 326. The Morgan fingerprint density at radius 3 is 2.50 bits per heavy atom. The molecule has 1 atom stereocenters. The van der Waals surface area contributed by atoms with E-state index in [9.17, 15) is 0 Å². The van der Waals surface area contributed by atoms with Gasteiger partial charge in [-0.15, -0.1) is 0 Å². The van der Waals surface area contributed by atoms with Gasteiger partial charge in [-0.3, -0.25) is 0 Å². The van der Waals surface area contributed by atoms with Gasteiger partial charge in [0.25, 0.3) is 0 Å². The van der Waals surface area contributed by atoms with Crippen LogP contribution in [0, 0.1) is 12.8 Å². The van der Waals surface area contributed by atoms with E-state index < -0.39 is 0 Å². The van der Waals surface area contributed by atoms with Crippen molar-refractivity contribution in [3.8, 4) is 0 Å². The Hall–Kier alpha value is -0.800. The Kier molecular flexibility index (Phi) is 3.66. The van der Waals surface area contributed by atoms with Gasteiger partial charge in [0.2, 0.25) is 0 Å². The first kappa shape index (κ1) is 11.7. The van der Waals surface area contributed by atoms with E-state index in [1.54, 1.807) is 0 Å². The molecule has 0 saturated heterocycles. The Balaban J connectivity index is 1.93. The van der Waals surface area contributed by atoms with Crippen LogP contribution in [-0.4, -0.2) is 13.1 Å². The molecule has 90 valence electrons. The third-order valence-electron chi connectivity index (χ3n) is 3.78. The molecule has 0 bridgehead atoms. The molecule has 1 fully saturated rings. The summed E-state index contributed by atoms with van der Waals surface area (Å²) in [6.07, 6.45) is 4.86. The van der Waals surface area contributed by atoms with E-state index in [1.807, 2.05) is 26.1 Å². The molecule has 16 heavy (non-hydrogen) atoms. The molecule has 2 rings (SSSR count). The highest BCUT2D eigenvalue weighted by molar-refractivity contribution is 5.10. The van der Waals surface area contributed by atoms with Crippen LogP contribution in [-0.2, 0) is 0 Å². The topological polar surface area (TPSA) is 51.2 Å². The largest absolute Gasteiger partial charge is 0.465 e. The predicted molar refractivity (Wildman–Crippen MR) is 65.2 cm³/mol. The first-order chi connectivity index (χ1) is 7.70. The van der Waals surface area contributed by atoms with Crippen molar-refractivity contribution in [2.24, 2.45) is 11.7 Å². The molecule has 0 aromatic carbocycles. The third-order valence-corrected chi connectivity index (χ3v) is 3.78. The second kappa shape index (κ2) is 5.02. The molecule has 0 radical (unpaired) electrons. The average Bonchev–Trinajstić information content (AvgIpc) is 2.75. The van der Waals surface area contributed by atoms with E-state index in [0.29, 0.717) is 12.0 Å². The summed E-state index contributed by atoms with van der Waals surface area (Å²) in [7, 11) is 2.04. The molecule has 0 spiro atoms. The zero-order valence-corrected chi connectivity index (χ0v) is 10.2. The van der Waals surface area contributed by atoms with Crippen LogP contribution in [0.15, 0.2) is 16.5 Å². The quantitative estimate of drug-likeness (QED) is 0.825. The van der Waals surface area contributed by atoms with Gasteiger partial charge < -0.3 is 15.5 Å². The zero-order valence-electron chi connectivity index (χ0n) is 10.2. The number of furan rings is 1. The first-order valence-electron chi connectivity index (χ1n) is 6.20. The number of nitrogens with two attached hydrogens (primary N) is 1. The SMILES string of the molecule is CNC1CCC(C(N)c2ccc(C)o2)CC1. The molecule has 1 heterocycles. The lowest BCUT2D eigenvalue weighted by molar-refractivity contribution is 0.247. The maximum absolute atomic E-state index is 6.26. The Morgan fingerprint density at radius 1 is 1.31 bits per heavy atom. The molecule has 0 aliphatic heterocycles. The minimum Gasteiger partial charge on any atom is -0.465 e. The molecule has 1 aliphatic rings. The van der Waals surface area contributed by atoms with Gasteiger partial charge in [0.05, 0.1) is 6.04 Å². The molecule has 0 amide bonds. The van der Waals surface area contributed by atoms with Gasteiger partial charge in [0.15, 0.2) is 0 Å². The summed E-state index contributed by atoms with van der Waals surface area (Å²) in [6, 6.07) is 4.77. The second-order valence-corrected chi connectivity index (χ2v) is 4.87. The smallest absolute Gasteiger partial charge is 0.121 e. The molecule has 3 heteroatoms. The molecule has 1 saturated carbocycles. The summed E-state index contributed by atoms with van der Waals surface area (Å²) in [5.41, 5.74) is 6.26. The maximum atomic E-state index is 6.26. The van der Waals surface area contributed by atoms with Crippen LogP contribution < -0.4 is 11.1 Å². The summed E-state index contributed by atoms with van der Waals surface area (Å²) in [4.78, 5) is 0. The van der Waals surface area contributed by atoms with Crippen LogP contribution in [0.1, 0.15) is 43.2 Å². The van der Waals surface area contributed by atoms with E-state index >= 15 is 0 Å². The van der Waals surface area contributed by atoms with E-state index in [0.717, 1.165) is 11.5 Å². The highest BCUT2D eigenvalue weighted by Crippen LogP contribution is 2.33. The van der Waals surface area contributed by atoms with Crippen LogP contribution in [0.25, 0.3) is 0 Å². The van der Waals surface area contributed by atoms with Crippen molar-refractivity contribution in [1.29, 1.82) is 0 Å². The fourth-order valence-electron chi connectivity index (χ4n) is 2.63. The second-order valence-electron chi connectivity index (χ2n) is 4.87. The van der Waals surface area contributed by atoms with E-state index in [1.165, 1.54) is 25.7 Å². The Labute approximate surface area is 97.4 Å². The zero-order chi connectivity index (χ0) is 11.5. The van der Waals surface area contributed by atoms with Gasteiger partial charge in [-0.1, -0.05) is 0 Å². The number of hydrogen-bond acceptors (Lipinski definition) is 3. The molecule has 3 nitrogen and oxygen atoms in total. The van der Waals surface area contributed by atoms with Gasteiger partial charge in [-0.2, -0.15) is 0 Å². The number of rotatable bonds is 3. The lowest BCUT2D eigenvalue weighted by Crippen LogP contribution is -2.33. The molecule has 1 aliphatic carbocycles. The molecular formula is C13H22N2O. The monoisotopic (exact) mass is 222 g/mol.